The van der Waals surface area contributed by atoms with Crippen molar-refractivity contribution in [1.82, 2.24) is 0 Å². The number of phosphoric ester groups is 1. The molecular weight excluding hydrogens is 487 g/mol. The molecule has 0 aliphatic rings. The molecule has 0 amide bonds. The Labute approximate surface area is 215 Å². The van der Waals surface area contributed by atoms with Gasteiger partial charge in [-0.1, -0.05) is 67.7 Å². The zero-order valence-corrected chi connectivity index (χ0v) is 22.1. The molecule has 0 saturated heterocycles. The predicted octanol–water partition coefficient (Wildman–Crippen LogP) is 4.30. The number of phosphoric acid groups is 1. The van der Waals surface area contributed by atoms with Crippen molar-refractivity contribution in [3.05, 3.63) is 60.8 Å². The molecule has 0 aromatic heterocycles. The monoisotopic (exact) mass is 530 g/mol. The molecule has 0 spiro atoms. The molecule has 4 N–H and O–H groups in total. The SMILES string of the molecule is CC/C=C\C/C=C\C/C=C\C/C=C\C/C=C\CCCC(=O)OCC(O)COP(=O)(O)OCC(O)CO. The minimum absolute atomic E-state index is 0.183. The fourth-order valence-corrected chi connectivity index (χ4v) is 3.29. The number of allylic oxidation sites excluding steroid dienone is 10. The lowest BCUT2D eigenvalue weighted by Gasteiger charge is -2.16. The summed E-state index contributed by atoms with van der Waals surface area (Å²) in [6.45, 7) is -0.108. The van der Waals surface area contributed by atoms with Gasteiger partial charge in [0.05, 0.1) is 19.8 Å². The minimum Gasteiger partial charge on any atom is -0.463 e. The van der Waals surface area contributed by atoms with Crippen LogP contribution in [0.2, 0.25) is 0 Å². The Morgan fingerprint density at radius 3 is 1.75 bits per heavy atom. The van der Waals surface area contributed by atoms with E-state index in [1.165, 1.54) is 0 Å². The smallest absolute Gasteiger partial charge is 0.463 e. The lowest BCUT2D eigenvalue weighted by atomic mass is 10.2. The van der Waals surface area contributed by atoms with Crippen molar-refractivity contribution in [3.63, 3.8) is 0 Å². The van der Waals surface area contributed by atoms with E-state index in [2.05, 4.69) is 64.6 Å². The zero-order chi connectivity index (χ0) is 26.9. The van der Waals surface area contributed by atoms with E-state index in [0.29, 0.717) is 6.42 Å². The van der Waals surface area contributed by atoms with Gasteiger partial charge in [-0.3, -0.25) is 13.8 Å². The van der Waals surface area contributed by atoms with Crippen molar-refractivity contribution in [2.45, 2.75) is 70.5 Å². The molecule has 0 rings (SSSR count). The highest BCUT2D eigenvalue weighted by atomic mass is 31.2. The number of unbranched alkanes of at least 4 members (excludes halogenated alkanes) is 1. The van der Waals surface area contributed by atoms with Gasteiger partial charge >= 0.3 is 13.8 Å². The van der Waals surface area contributed by atoms with Gasteiger partial charge in [-0.25, -0.2) is 4.57 Å². The quantitative estimate of drug-likeness (QED) is 0.0697. The Morgan fingerprint density at radius 1 is 0.778 bits per heavy atom. The summed E-state index contributed by atoms with van der Waals surface area (Å²) in [5.41, 5.74) is 0. The first kappa shape index (κ1) is 34.2. The number of aliphatic hydroxyl groups is 3. The highest BCUT2D eigenvalue weighted by Crippen LogP contribution is 2.43. The van der Waals surface area contributed by atoms with Gasteiger partial charge in [-0.05, 0) is 44.9 Å². The zero-order valence-electron chi connectivity index (χ0n) is 21.2. The van der Waals surface area contributed by atoms with Gasteiger partial charge in [0.25, 0.3) is 0 Å². The third-order valence-corrected chi connectivity index (χ3v) is 5.37. The van der Waals surface area contributed by atoms with E-state index in [-0.39, 0.29) is 13.0 Å². The van der Waals surface area contributed by atoms with Crippen LogP contribution in [0.15, 0.2) is 60.8 Å². The van der Waals surface area contributed by atoms with Crippen LogP contribution in [0, 0.1) is 0 Å². The molecule has 9 nitrogen and oxygen atoms in total. The fraction of sp³-hybridized carbons (Fsp3) is 0.577. The lowest BCUT2D eigenvalue weighted by molar-refractivity contribution is -0.147. The summed E-state index contributed by atoms with van der Waals surface area (Å²) >= 11 is 0. The molecule has 0 aliphatic carbocycles. The molecule has 206 valence electrons. The topological polar surface area (TPSA) is 143 Å². The maximum Gasteiger partial charge on any atom is 0.472 e. The first-order chi connectivity index (χ1) is 17.3. The molecule has 10 heteroatoms. The largest absolute Gasteiger partial charge is 0.472 e. The van der Waals surface area contributed by atoms with Crippen LogP contribution in [-0.2, 0) is 23.1 Å². The number of carbonyl (C=O) groups is 1. The summed E-state index contributed by atoms with van der Waals surface area (Å²) in [7, 11) is -4.50. The van der Waals surface area contributed by atoms with E-state index < -0.39 is 45.8 Å². The number of hydrogen-bond donors (Lipinski definition) is 4. The summed E-state index contributed by atoms with van der Waals surface area (Å²) in [5, 5.41) is 27.4. The standard InChI is InChI=1S/C26H43O9P/c1-2-3-4-5-6-7-8-9-10-11-12-13-14-15-16-17-18-19-26(30)33-21-25(29)23-35-36(31,32)34-22-24(28)20-27/h3-4,6-7,9-10,12-13,15-16,24-25,27-29H,2,5,8,11,14,17-23H2,1H3,(H,31,32)/b4-3-,7-6-,10-9-,13-12-,16-15-. The van der Waals surface area contributed by atoms with Crippen LogP contribution >= 0.6 is 7.82 Å². The van der Waals surface area contributed by atoms with Crippen LogP contribution < -0.4 is 0 Å². The molecule has 3 atom stereocenters. The third-order valence-electron chi connectivity index (χ3n) is 4.42. The van der Waals surface area contributed by atoms with Crippen molar-refractivity contribution < 1.29 is 43.4 Å². The number of ether oxygens (including phenoxy) is 1. The molecule has 0 aromatic carbocycles. The molecular formula is C26H43O9P. The van der Waals surface area contributed by atoms with E-state index in [0.717, 1.165) is 38.5 Å². The summed E-state index contributed by atoms with van der Waals surface area (Å²) in [6.07, 6.45) is 24.8. The number of hydrogen-bond acceptors (Lipinski definition) is 8. The van der Waals surface area contributed by atoms with Crippen LogP contribution in [0.4, 0.5) is 0 Å². The van der Waals surface area contributed by atoms with Crippen molar-refractivity contribution in [1.29, 1.82) is 0 Å². The molecule has 0 fully saturated rings. The lowest BCUT2D eigenvalue weighted by Crippen LogP contribution is -2.24. The summed E-state index contributed by atoms with van der Waals surface area (Å²) in [5.74, 6) is -0.490. The van der Waals surface area contributed by atoms with Crippen molar-refractivity contribution in [3.8, 4) is 0 Å². The van der Waals surface area contributed by atoms with E-state index in [1.807, 2.05) is 12.2 Å². The average Bonchev–Trinajstić information content (AvgIpc) is 2.86. The maximum atomic E-state index is 11.7. The first-order valence-corrected chi connectivity index (χ1v) is 13.8. The Hall–Kier alpha value is -1.84. The predicted molar refractivity (Wildman–Crippen MR) is 140 cm³/mol. The van der Waals surface area contributed by atoms with Gasteiger partial charge in [0.1, 0.15) is 18.8 Å². The van der Waals surface area contributed by atoms with Crippen LogP contribution in [0.5, 0.6) is 0 Å². The average molecular weight is 531 g/mol. The number of rotatable bonds is 22. The van der Waals surface area contributed by atoms with Crippen LogP contribution in [-0.4, -0.2) is 64.8 Å². The highest BCUT2D eigenvalue weighted by molar-refractivity contribution is 7.47. The second-order valence-electron chi connectivity index (χ2n) is 7.83. The third kappa shape index (κ3) is 23.9. The van der Waals surface area contributed by atoms with Gasteiger partial charge in [0.2, 0.25) is 0 Å². The Morgan fingerprint density at radius 2 is 1.25 bits per heavy atom. The van der Waals surface area contributed by atoms with Crippen molar-refractivity contribution in [2.75, 3.05) is 26.4 Å². The van der Waals surface area contributed by atoms with E-state index >= 15 is 0 Å². The molecule has 3 unspecified atom stereocenters. The Kier molecular flexibility index (Phi) is 22.3. The van der Waals surface area contributed by atoms with E-state index in [9.17, 15) is 19.4 Å². The normalized spacial score (nSPS) is 16.0. The highest BCUT2D eigenvalue weighted by Gasteiger charge is 2.24. The van der Waals surface area contributed by atoms with Gasteiger partial charge in [-0.2, -0.15) is 0 Å². The van der Waals surface area contributed by atoms with E-state index in [1.54, 1.807) is 0 Å². The maximum absolute atomic E-state index is 11.7. The second kappa shape index (κ2) is 23.6. The number of carbonyl (C=O) groups excluding carboxylic acids is 1. The van der Waals surface area contributed by atoms with E-state index in [4.69, 9.17) is 14.9 Å². The minimum atomic E-state index is -4.50. The second-order valence-corrected chi connectivity index (χ2v) is 9.29. The molecule has 0 radical (unpaired) electrons. The Balaban J connectivity index is 3.76. The number of esters is 1. The van der Waals surface area contributed by atoms with Crippen LogP contribution in [0.1, 0.15) is 58.3 Å². The number of aliphatic hydroxyl groups excluding tert-OH is 3. The van der Waals surface area contributed by atoms with Crippen molar-refractivity contribution >= 4 is 13.8 Å². The first-order valence-electron chi connectivity index (χ1n) is 12.3. The van der Waals surface area contributed by atoms with Crippen LogP contribution in [0.25, 0.3) is 0 Å². The molecule has 0 heterocycles. The molecule has 0 bridgehead atoms. The summed E-state index contributed by atoms with van der Waals surface area (Å²) in [4.78, 5) is 21.1. The van der Waals surface area contributed by atoms with Gasteiger partial charge in [0.15, 0.2) is 0 Å². The van der Waals surface area contributed by atoms with Gasteiger partial charge in [-0.15, -0.1) is 0 Å². The molecule has 36 heavy (non-hydrogen) atoms. The molecule has 0 saturated carbocycles. The fourth-order valence-electron chi connectivity index (χ4n) is 2.49. The van der Waals surface area contributed by atoms with Crippen molar-refractivity contribution in [2.24, 2.45) is 0 Å². The van der Waals surface area contributed by atoms with Gasteiger partial charge < -0.3 is 24.9 Å². The molecule has 0 aliphatic heterocycles. The van der Waals surface area contributed by atoms with Crippen LogP contribution in [0.3, 0.4) is 0 Å². The molecule has 0 aromatic rings. The van der Waals surface area contributed by atoms with Gasteiger partial charge in [0, 0.05) is 6.42 Å². The Bertz CT molecular complexity index is 744. The summed E-state index contributed by atoms with van der Waals surface area (Å²) < 4.78 is 25.4. The summed E-state index contributed by atoms with van der Waals surface area (Å²) in [6, 6.07) is 0.